The summed E-state index contributed by atoms with van der Waals surface area (Å²) in [4.78, 5) is 16.5. The molecule has 1 N–H and O–H groups in total. The van der Waals surface area contributed by atoms with Gasteiger partial charge in [-0.15, -0.1) is 0 Å². The maximum Gasteiger partial charge on any atom is 0.275 e. The Kier molecular flexibility index (Phi) is 3.87. The summed E-state index contributed by atoms with van der Waals surface area (Å²) >= 11 is 0. The number of carbonyl (C=O) groups is 1. The number of nitrogens with zero attached hydrogens (tertiary/aromatic N) is 1. The number of hydrogen-bond acceptors (Lipinski definition) is 2. The molecule has 0 atom stereocenters. The van der Waals surface area contributed by atoms with Crippen molar-refractivity contribution in [1.82, 2.24) is 5.32 Å². The minimum Gasteiger partial charge on any atom is -0.305 e. The Morgan fingerprint density at radius 2 is 1.61 bits per heavy atom. The number of nitrogens with one attached hydrogen (secondary N) is 1. The number of amides is 1. The number of rotatable bonds is 2. The molecule has 0 saturated carbocycles. The Labute approximate surface area is 136 Å². The van der Waals surface area contributed by atoms with E-state index in [1.165, 1.54) is 5.56 Å². The number of hydrogen-bond donors (Lipinski definition) is 1. The van der Waals surface area contributed by atoms with Gasteiger partial charge >= 0.3 is 0 Å². The Bertz CT molecular complexity index is 779. The molecule has 0 spiro atoms. The predicted molar refractivity (Wildman–Crippen MR) is 94.2 cm³/mol. The van der Waals surface area contributed by atoms with Crippen molar-refractivity contribution in [2.24, 2.45) is 4.99 Å². The van der Waals surface area contributed by atoms with Crippen molar-refractivity contribution in [3.63, 3.8) is 0 Å². The highest BCUT2D eigenvalue weighted by atomic mass is 16.2. The second-order valence-corrected chi connectivity index (χ2v) is 6.68. The summed E-state index contributed by atoms with van der Waals surface area (Å²) < 4.78 is 0. The average Bonchev–Trinajstić information content (AvgIpc) is 2.89. The fraction of sp³-hybridized carbons (Fsp3) is 0.200. The molecule has 3 heteroatoms. The van der Waals surface area contributed by atoms with E-state index in [9.17, 15) is 4.79 Å². The zero-order valence-electron chi connectivity index (χ0n) is 13.6. The van der Waals surface area contributed by atoms with E-state index in [0.717, 1.165) is 11.1 Å². The first-order valence-electron chi connectivity index (χ1n) is 7.71. The SMILES string of the molecule is CC(C)(C)c1ccc(C2=N/C(=C\c3ccccc3)C(=O)N2)cc1. The van der Waals surface area contributed by atoms with Gasteiger partial charge in [0.25, 0.3) is 5.91 Å². The summed E-state index contributed by atoms with van der Waals surface area (Å²) in [6.07, 6.45) is 1.80. The van der Waals surface area contributed by atoms with Crippen LogP contribution in [-0.2, 0) is 10.2 Å². The molecule has 0 saturated heterocycles. The molecule has 0 radical (unpaired) electrons. The van der Waals surface area contributed by atoms with Crippen molar-refractivity contribution < 1.29 is 4.79 Å². The molecule has 3 nitrogen and oxygen atoms in total. The van der Waals surface area contributed by atoms with Gasteiger partial charge in [0.15, 0.2) is 0 Å². The molecule has 0 aromatic heterocycles. The predicted octanol–water partition coefficient (Wildman–Crippen LogP) is 3.90. The fourth-order valence-electron chi connectivity index (χ4n) is 2.44. The van der Waals surface area contributed by atoms with Gasteiger partial charge in [-0.1, -0.05) is 75.4 Å². The van der Waals surface area contributed by atoms with Gasteiger partial charge in [0.05, 0.1) is 0 Å². The normalized spacial score (nSPS) is 16.4. The molecular weight excluding hydrogens is 284 g/mol. The standard InChI is InChI=1S/C20H20N2O/c1-20(2,3)16-11-9-15(10-12-16)18-21-17(19(23)22-18)13-14-7-5-4-6-8-14/h4-13H,1-3H3,(H,21,22,23)/b17-13-. The van der Waals surface area contributed by atoms with Gasteiger partial charge in [0.2, 0.25) is 0 Å². The molecule has 0 aliphatic carbocycles. The van der Waals surface area contributed by atoms with E-state index < -0.39 is 0 Å². The lowest BCUT2D eigenvalue weighted by molar-refractivity contribution is -0.115. The summed E-state index contributed by atoms with van der Waals surface area (Å²) in [6.45, 7) is 6.53. The van der Waals surface area contributed by atoms with Crippen molar-refractivity contribution in [2.45, 2.75) is 26.2 Å². The van der Waals surface area contributed by atoms with E-state index in [0.29, 0.717) is 11.5 Å². The van der Waals surface area contributed by atoms with Crippen LogP contribution in [0.1, 0.15) is 37.5 Å². The third-order valence-electron chi connectivity index (χ3n) is 3.82. The van der Waals surface area contributed by atoms with E-state index in [4.69, 9.17) is 0 Å². The summed E-state index contributed by atoms with van der Waals surface area (Å²) in [5, 5.41) is 2.84. The van der Waals surface area contributed by atoms with Crippen LogP contribution in [0.2, 0.25) is 0 Å². The van der Waals surface area contributed by atoms with Gasteiger partial charge in [-0.3, -0.25) is 4.79 Å². The van der Waals surface area contributed by atoms with Crippen molar-refractivity contribution >= 4 is 17.8 Å². The van der Waals surface area contributed by atoms with Gasteiger partial charge in [0.1, 0.15) is 11.5 Å². The lowest BCUT2D eigenvalue weighted by Gasteiger charge is -2.19. The third kappa shape index (κ3) is 3.39. The molecule has 1 amide bonds. The Morgan fingerprint density at radius 3 is 2.22 bits per heavy atom. The summed E-state index contributed by atoms with van der Waals surface area (Å²) in [6, 6.07) is 17.9. The molecule has 23 heavy (non-hydrogen) atoms. The summed E-state index contributed by atoms with van der Waals surface area (Å²) in [5.41, 5.74) is 3.68. The fourth-order valence-corrected chi connectivity index (χ4v) is 2.44. The molecular formula is C20H20N2O. The molecule has 1 heterocycles. The van der Waals surface area contributed by atoms with E-state index in [2.05, 4.69) is 43.2 Å². The molecule has 2 aromatic rings. The second kappa shape index (κ2) is 5.84. The molecule has 0 bridgehead atoms. The molecule has 3 rings (SSSR count). The first kappa shape index (κ1) is 15.2. The van der Waals surface area contributed by atoms with Crippen molar-refractivity contribution in [3.8, 4) is 0 Å². The molecule has 1 aliphatic heterocycles. The number of carbonyl (C=O) groups excluding carboxylic acids is 1. The van der Waals surface area contributed by atoms with Crippen LogP contribution in [0.15, 0.2) is 65.3 Å². The van der Waals surface area contributed by atoms with Crippen molar-refractivity contribution in [2.75, 3.05) is 0 Å². The average molecular weight is 304 g/mol. The van der Waals surface area contributed by atoms with Crippen molar-refractivity contribution in [3.05, 3.63) is 77.0 Å². The first-order valence-corrected chi connectivity index (χ1v) is 7.71. The van der Waals surface area contributed by atoms with Crippen LogP contribution in [0, 0.1) is 0 Å². The van der Waals surface area contributed by atoms with E-state index in [1.807, 2.05) is 42.5 Å². The van der Waals surface area contributed by atoms with Gasteiger partial charge in [0, 0.05) is 5.56 Å². The molecule has 0 fully saturated rings. The van der Waals surface area contributed by atoms with Gasteiger partial charge in [-0.2, -0.15) is 0 Å². The van der Waals surface area contributed by atoms with E-state index in [1.54, 1.807) is 6.08 Å². The largest absolute Gasteiger partial charge is 0.305 e. The van der Waals surface area contributed by atoms with Crippen molar-refractivity contribution in [1.29, 1.82) is 0 Å². The van der Waals surface area contributed by atoms with Crippen LogP contribution in [0.5, 0.6) is 0 Å². The minimum atomic E-state index is -0.163. The van der Waals surface area contributed by atoms with Gasteiger partial charge in [-0.05, 0) is 22.6 Å². The second-order valence-electron chi connectivity index (χ2n) is 6.68. The zero-order chi connectivity index (χ0) is 16.4. The highest BCUT2D eigenvalue weighted by molar-refractivity contribution is 6.19. The van der Waals surface area contributed by atoms with Crippen LogP contribution in [-0.4, -0.2) is 11.7 Å². The topological polar surface area (TPSA) is 41.5 Å². The molecule has 0 unspecified atom stereocenters. The Hall–Kier alpha value is -2.68. The highest BCUT2D eigenvalue weighted by Gasteiger charge is 2.21. The smallest absolute Gasteiger partial charge is 0.275 e. The van der Waals surface area contributed by atoms with E-state index in [-0.39, 0.29) is 11.3 Å². The summed E-state index contributed by atoms with van der Waals surface area (Å²) in [7, 11) is 0. The minimum absolute atomic E-state index is 0.109. The van der Waals surface area contributed by atoms with E-state index >= 15 is 0 Å². The lowest BCUT2D eigenvalue weighted by atomic mass is 9.86. The number of aliphatic imine (C=N–C) groups is 1. The first-order chi connectivity index (χ1) is 10.9. The Morgan fingerprint density at radius 1 is 0.957 bits per heavy atom. The van der Waals surface area contributed by atoms with Gasteiger partial charge < -0.3 is 5.32 Å². The maximum absolute atomic E-state index is 12.1. The van der Waals surface area contributed by atoms with Crippen LogP contribution in [0.25, 0.3) is 6.08 Å². The highest BCUT2D eigenvalue weighted by Crippen LogP contribution is 2.23. The lowest BCUT2D eigenvalue weighted by Crippen LogP contribution is -2.24. The third-order valence-corrected chi connectivity index (χ3v) is 3.82. The molecule has 116 valence electrons. The maximum atomic E-state index is 12.1. The molecule has 1 aliphatic rings. The molecule has 2 aromatic carbocycles. The summed E-state index contributed by atoms with van der Waals surface area (Å²) in [5.74, 6) is 0.446. The van der Waals surface area contributed by atoms with Crippen LogP contribution < -0.4 is 5.32 Å². The monoisotopic (exact) mass is 304 g/mol. The zero-order valence-corrected chi connectivity index (χ0v) is 13.6. The Balaban J connectivity index is 1.88. The van der Waals surface area contributed by atoms with Crippen LogP contribution in [0.3, 0.4) is 0 Å². The van der Waals surface area contributed by atoms with Crippen LogP contribution >= 0.6 is 0 Å². The van der Waals surface area contributed by atoms with Gasteiger partial charge in [-0.25, -0.2) is 4.99 Å². The quantitative estimate of drug-likeness (QED) is 0.840. The number of amidine groups is 1. The number of benzene rings is 2. The van der Waals surface area contributed by atoms with Crippen LogP contribution in [0.4, 0.5) is 0 Å².